The van der Waals surface area contributed by atoms with E-state index in [4.69, 9.17) is 15.0 Å². The normalized spacial score (nSPS) is 13.1. The predicted molar refractivity (Wildman–Crippen MR) is 194 cm³/mol. The summed E-state index contributed by atoms with van der Waals surface area (Å²) in [5.74, 6) is 0.708. The van der Waals surface area contributed by atoms with Crippen LogP contribution in [-0.2, 0) is 5.41 Å². The molecular weight excluding hydrogens is 571 g/mol. The van der Waals surface area contributed by atoms with Gasteiger partial charge in [0.15, 0.2) is 5.82 Å². The average Bonchev–Trinajstić information content (AvgIpc) is 3.37. The maximum Gasteiger partial charge on any atom is 0.160 e. The van der Waals surface area contributed by atoms with Gasteiger partial charge in [-0.3, -0.25) is 0 Å². The summed E-state index contributed by atoms with van der Waals surface area (Å²) in [6.45, 7) is 4.67. The molecule has 3 heteroatoms. The Labute approximate surface area is 274 Å². The third-order valence-corrected chi connectivity index (χ3v) is 9.65. The second kappa shape index (κ2) is 10.6. The number of pyridine rings is 1. The molecule has 0 fully saturated rings. The van der Waals surface area contributed by atoms with E-state index in [-0.39, 0.29) is 5.41 Å². The minimum atomic E-state index is -0.213. The fourth-order valence-corrected chi connectivity index (χ4v) is 7.37. The quantitative estimate of drug-likeness (QED) is 0.188. The number of nitrogens with zero attached hydrogens (tertiary/aromatic N) is 3. The molecule has 0 radical (unpaired) electrons. The van der Waals surface area contributed by atoms with Gasteiger partial charge in [0.05, 0.1) is 22.6 Å². The molecule has 3 nitrogen and oxygen atoms in total. The Hall–Kier alpha value is -5.93. The van der Waals surface area contributed by atoms with Gasteiger partial charge in [-0.05, 0) is 45.2 Å². The van der Waals surface area contributed by atoms with Gasteiger partial charge >= 0.3 is 0 Å². The molecule has 0 aliphatic heterocycles. The lowest BCUT2D eigenvalue weighted by Crippen LogP contribution is -2.16. The van der Waals surface area contributed by atoms with Crippen molar-refractivity contribution in [3.05, 3.63) is 163 Å². The summed E-state index contributed by atoms with van der Waals surface area (Å²) in [5, 5.41) is 3.63. The van der Waals surface area contributed by atoms with Gasteiger partial charge in [-0.1, -0.05) is 153 Å². The van der Waals surface area contributed by atoms with E-state index in [1.54, 1.807) is 0 Å². The van der Waals surface area contributed by atoms with Crippen molar-refractivity contribution in [1.82, 2.24) is 15.0 Å². The molecule has 0 unspecified atom stereocenters. The van der Waals surface area contributed by atoms with E-state index in [9.17, 15) is 0 Å². The van der Waals surface area contributed by atoms with Crippen molar-refractivity contribution >= 4 is 21.7 Å². The minimum Gasteiger partial charge on any atom is -0.247 e. The molecule has 2 heterocycles. The van der Waals surface area contributed by atoms with E-state index in [0.29, 0.717) is 5.82 Å². The number of hydrogen-bond acceptors (Lipinski definition) is 3. The second-order valence-electron chi connectivity index (χ2n) is 12.8. The van der Waals surface area contributed by atoms with E-state index >= 15 is 0 Å². The van der Waals surface area contributed by atoms with E-state index in [1.165, 1.54) is 38.4 Å². The van der Waals surface area contributed by atoms with Crippen LogP contribution in [0.25, 0.3) is 78.0 Å². The highest BCUT2D eigenvalue weighted by Gasteiger charge is 2.39. The zero-order valence-corrected chi connectivity index (χ0v) is 26.3. The number of rotatable bonds is 4. The van der Waals surface area contributed by atoms with Crippen molar-refractivity contribution in [1.29, 1.82) is 0 Å². The van der Waals surface area contributed by atoms with Crippen LogP contribution in [0.2, 0.25) is 0 Å². The van der Waals surface area contributed by atoms with Crippen LogP contribution in [0.1, 0.15) is 25.0 Å². The molecular formula is C44H31N3. The Morgan fingerprint density at radius 1 is 0.489 bits per heavy atom. The molecule has 0 saturated carbocycles. The molecule has 1 aliphatic rings. The average molecular weight is 602 g/mol. The summed E-state index contributed by atoms with van der Waals surface area (Å²) < 4.78 is 0. The van der Waals surface area contributed by atoms with Gasteiger partial charge in [-0.25, -0.2) is 15.0 Å². The molecule has 0 amide bonds. The molecule has 8 aromatic rings. The Balaban J connectivity index is 1.26. The number of fused-ring (bicyclic) bond motifs is 6. The third kappa shape index (κ3) is 4.39. The SMILES string of the molecule is CC1(C)c2ccccc2-c2nc3ccc4ccccc4c3c(-c3ccc(-c4nc(-c5ccccc5)cc(-c5ccccc5)n4)cc3)c21. The van der Waals surface area contributed by atoms with Gasteiger partial charge in [0.25, 0.3) is 0 Å². The highest BCUT2D eigenvalue weighted by atomic mass is 14.9. The molecule has 47 heavy (non-hydrogen) atoms. The van der Waals surface area contributed by atoms with Gasteiger partial charge in [-0.15, -0.1) is 0 Å². The van der Waals surface area contributed by atoms with Crippen LogP contribution in [0.3, 0.4) is 0 Å². The topological polar surface area (TPSA) is 38.7 Å². The number of aromatic nitrogens is 3. The van der Waals surface area contributed by atoms with Crippen molar-refractivity contribution in [3.63, 3.8) is 0 Å². The van der Waals surface area contributed by atoms with Gasteiger partial charge < -0.3 is 0 Å². The molecule has 6 aromatic carbocycles. The Morgan fingerprint density at radius 2 is 1.09 bits per heavy atom. The molecule has 0 saturated heterocycles. The van der Waals surface area contributed by atoms with Crippen LogP contribution >= 0.6 is 0 Å². The first-order valence-corrected chi connectivity index (χ1v) is 16.1. The lowest BCUT2D eigenvalue weighted by atomic mass is 9.78. The lowest BCUT2D eigenvalue weighted by Gasteiger charge is -2.25. The maximum atomic E-state index is 5.35. The molecule has 0 spiro atoms. The van der Waals surface area contributed by atoms with Crippen LogP contribution < -0.4 is 0 Å². The Kier molecular flexibility index (Phi) is 6.16. The molecule has 0 atom stereocenters. The van der Waals surface area contributed by atoms with Gasteiger partial charge in [0, 0.05) is 33.1 Å². The standard InChI is InChI=1S/C44H31N3/c1-44(2)35-20-12-11-19-34(35)42-41(44)39(40-33-18-10-9-13-28(33)25-26-36(40)45-42)31-21-23-32(24-22-31)43-46-37(29-14-5-3-6-15-29)27-38(47-43)30-16-7-4-8-17-30/h3-27H,1-2H3. The summed E-state index contributed by atoms with van der Waals surface area (Å²) in [6.07, 6.45) is 0. The van der Waals surface area contributed by atoms with E-state index in [0.717, 1.165) is 44.9 Å². The van der Waals surface area contributed by atoms with Crippen LogP contribution in [0.15, 0.2) is 152 Å². The van der Waals surface area contributed by atoms with Gasteiger partial charge in [-0.2, -0.15) is 0 Å². The van der Waals surface area contributed by atoms with Crippen LogP contribution in [-0.4, -0.2) is 15.0 Å². The first-order valence-electron chi connectivity index (χ1n) is 16.1. The maximum absolute atomic E-state index is 5.35. The van der Waals surface area contributed by atoms with Crippen LogP contribution in [0.5, 0.6) is 0 Å². The number of benzene rings is 6. The van der Waals surface area contributed by atoms with E-state index < -0.39 is 0 Å². The number of hydrogen-bond donors (Lipinski definition) is 0. The van der Waals surface area contributed by atoms with Gasteiger partial charge in [0.1, 0.15) is 0 Å². The summed E-state index contributed by atoms with van der Waals surface area (Å²) in [6, 6.07) is 53.4. The van der Waals surface area contributed by atoms with Crippen molar-refractivity contribution in [3.8, 4) is 56.3 Å². The van der Waals surface area contributed by atoms with E-state index in [1.807, 2.05) is 12.1 Å². The first kappa shape index (κ1) is 27.4. The molecule has 2 aromatic heterocycles. The zero-order chi connectivity index (χ0) is 31.5. The van der Waals surface area contributed by atoms with Crippen molar-refractivity contribution in [2.45, 2.75) is 19.3 Å². The Bertz CT molecular complexity index is 2410. The second-order valence-corrected chi connectivity index (χ2v) is 12.8. The lowest BCUT2D eigenvalue weighted by molar-refractivity contribution is 0.662. The predicted octanol–water partition coefficient (Wildman–Crippen LogP) is 11.2. The smallest absolute Gasteiger partial charge is 0.160 e. The van der Waals surface area contributed by atoms with Crippen molar-refractivity contribution < 1.29 is 0 Å². The molecule has 0 N–H and O–H groups in total. The molecule has 1 aliphatic carbocycles. The van der Waals surface area contributed by atoms with E-state index in [2.05, 4.69) is 153 Å². The summed E-state index contributed by atoms with van der Waals surface area (Å²) >= 11 is 0. The van der Waals surface area contributed by atoms with Crippen LogP contribution in [0, 0.1) is 0 Å². The zero-order valence-electron chi connectivity index (χ0n) is 26.3. The van der Waals surface area contributed by atoms with Crippen molar-refractivity contribution in [2.24, 2.45) is 0 Å². The highest BCUT2D eigenvalue weighted by molar-refractivity contribution is 6.15. The molecule has 222 valence electrons. The molecule has 0 bridgehead atoms. The summed E-state index contributed by atoms with van der Waals surface area (Å²) in [7, 11) is 0. The largest absolute Gasteiger partial charge is 0.247 e. The third-order valence-electron chi connectivity index (χ3n) is 9.65. The Morgan fingerprint density at radius 3 is 1.79 bits per heavy atom. The highest BCUT2D eigenvalue weighted by Crippen LogP contribution is 2.54. The molecule has 9 rings (SSSR count). The minimum absolute atomic E-state index is 0.213. The summed E-state index contributed by atoms with van der Waals surface area (Å²) in [4.78, 5) is 15.5. The fourth-order valence-electron chi connectivity index (χ4n) is 7.37. The van der Waals surface area contributed by atoms with Crippen molar-refractivity contribution in [2.75, 3.05) is 0 Å². The summed E-state index contributed by atoms with van der Waals surface area (Å²) in [5.41, 5.74) is 13.0. The monoisotopic (exact) mass is 601 g/mol. The van der Waals surface area contributed by atoms with Crippen LogP contribution in [0.4, 0.5) is 0 Å². The fraction of sp³-hybridized carbons (Fsp3) is 0.0682. The van der Waals surface area contributed by atoms with Gasteiger partial charge in [0.2, 0.25) is 0 Å². The first-order chi connectivity index (χ1) is 23.1.